The Morgan fingerprint density at radius 1 is 1.18 bits per heavy atom. The van der Waals surface area contributed by atoms with E-state index in [0.717, 1.165) is 12.5 Å². The molecular formula is C18H18O4. The van der Waals surface area contributed by atoms with Crippen molar-refractivity contribution in [3.8, 4) is 11.5 Å². The van der Waals surface area contributed by atoms with Gasteiger partial charge in [-0.3, -0.25) is 0 Å². The second-order valence-electron chi connectivity index (χ2n) is 4.66. The maximum Gasteiger partial charge on any atom is 0.328 e. The summed E-state index contributed by atoms with van der Waals surface area (Å²) in [5, 5.41) is 8.74. The molecule has 0 amide bonds. The first-order valence-electron chi connectivity index (χ1n) is 6.95. The van der Waals surface area contributed by atoms with Gasteiger partial charge in [-0.25, -0.2) is 4.79 Å². The molecular weight excluding hydrogens is 280 g/mol. The molecule has 22 heavy (non-hydrogen) atoms. The normalized spacial score (nSPS) is 10.6. The first-order valence-corrected chi connectivity index (χ1v) is 6.95. The van der Waals surface area contributed by atoms with Crippen LogP contribution in [0, 0.1) is 0 Å². The van der Waals surface area contributed by atoms with Gasteiger partial charge in [0, 0.05) is 24.1 Å². The Hall–Kier alpha value is -2.75. The summed E-state index contributed by atoms with van der Waals surface area (Å²) in [6, 6.07) is 15.3. The second-order valence-corrected chi connectivity index (χ2v) is 4.66. The van der Waals surface area contributed by atoms with Crippen LogP contribution in [0.3, 0.4) is 0 Å². The van der Waals surface area contributed by atoms with Gasteiger partial charge in [0.15, 0.2) is 0 Å². The molecule has 0 saturated heterocycles. The van der Waals surface area contributed by atoms with Crippen molar-refractivity contribution >= 4 is 12.0 Å². The zero-order valence-corrected chi connectivity index (χ0v) is 12.4. The lowest BCUT2D eigenvalue weighted by Gasteiger charge is -2.11. The molecule has 0 spiro atoms. The number of carboxylic acid groups (broad SMARTS) is 1. The number of benzene rings is 2. The Morgan fingerprint density at radius 3 is 2.64 bits per heavy atom. The predicted molar refractivity (Wildman–Crippen MR) is 85.3 cm³/mol. The number of hydrogen-bond acceptors (Lipinski definition) is 3. The van der Waals surface area contributed by atoms with Crippen LogP contribution in [0.2, 0.25) is 0 Å². The maximum atomic E-state index is 10.7. The highest BCUT2D eigenvalue weighted by Gasteiger charge is 2.04. The summed E-state index contributed by atoms with van der Waals surface area (Å²) >= 11 is 0. The molecule has 0 aliphatic rings. The minimum atomic E-state index is -0.994. The van der Waals surface area contributed by atoms with Crippen LogP contribution < -0.4 is 9.47 Å². The summed E-state index contributed by atoms with van der Waals surface area (Å²) in [6.07, 6.45) is 3.38. The van der Waals surface area contributed by atoms with E-state index in [2.05, 4.69) is 0 Å². The number of carboxylic acids is 1. The Balaban J connectivity index is 2.08. The first-order chi connectivity index (χ1) is 10.7. The van der Waals surface area contributed by atoms with Crippen LogP contribution in [0.25, 0.3) is 6.08 Å². The molecule has 0 aliphatic heterocycles. The van der Waals surface area contributed by atoms with E-state index in [1.807, 2.05) is 30.3 Å². The zero-order valence-electron chi connectivity index (χ0n) is 12.4. The fourth-order valence-corrected chi connectivity index (χ4v) is 1.99. The van der Waals surface area contributed by atoms with E-state index in [0.29, 0.717) is 23.7 Å². The molecule has 2 rings (SSSR count). The van der Waals surface area contributed by atoms with Crippen molar-refractivity contribution in [3.05, 3.63) is 65.7 Å². The quantitative estimate of drug-likeness (QED) is 0.796. The van der Waals surface area contributed by atoms with E-state index in [9.17, 15) is 4.79 Å². The first kappa shape index (κ1) is 15.6. The molecule has 2 aromatic carbocycles. The average Bonchev–Trinajstić information content (AvgIpc) is 2.54. The standard InChI is InChI=1S/C18H18O4/c1-21-16-9-7-15(8-10-18(19)20)17(13-16)22-12-11-14-5-3-2-4-6-14/h2-10,13H,11-12H2,1H3,(H,19,20)/b10-8+. The number of methoxy groups -OCH3 is 1. The number of hydrogen-bond donors (Lipinski definition) is 1. The predicted octanol–water partition coefficient (Wildman–Crippen LogP) is 3.41. The smallest absolute Gasteiger partial charge is 0.328 e. The fourth-order valence-electron chi connectivity index (χ4n) is 1.99. The minimum Gasteiger partial charge on any atom is -0.497 e. The van der Waals surface area contributed by atoms with Gasteiger partial charge in [0.25, 0.3) is 0 Å². The van der Waals surface area contributed by atoms with Gasteiger partial charge in [-0.2, -0.15) is 0 Å². The molecule has 4 heteroatoms. The van der Waals surface area contributed by atoms with Crippen LogP contribution in [0.1, 0.15) is 11.1 Å². The third-order valence-corrected chi connectivity index (χ3v) is 3.12. The van der Waals surface area contributed by atoms with Gasteiger partial charge >= 0.3 is 5.97 Å². The Morgan fingerprint density at radius 2 is 1.95 bits per heavy atom. The molecule has 0 atom stereocenters. The molecule has 4 nitrogen and oxygen atoms in total. The zero-order chi connectivity index (χ0) is 15.8. The van der Waals surface area contributed by atoms with Crippen molar-refractivity contribution < 1.29 is 19.4 Å². The molecule has 0 radical (unpaired) electrons. The molecule has 2 aromatic rings. The minimum absolute atomic E-state index is 0.505. The number of ether oxygens (including phenoxy) is 2. The summed E-state index contributed by atoms with van der Waals surface area (Å²) in [5.74, 6) is 0.279. The largest absolute Gasteiger partial charge is 0.497 e. The summed E-state index contributed by atoms with van der Waals surface area (Å²) < 4.78 is 11.0. The van der Waals surface area contributed by atoms with E-state index >= 15 is 0 Å². The Labute approximate surface area is 129 Å². The van der Waals surface area contributed by atoms with Crippen LogP contribution >= 0.6 is 0 Å². The maximum absolute atomic E-state index is 10.7. The highest BCUT2D eigenvalue weighted by atomic mass is 16.5. The summed E-state index contributed by atoms with van der Waals surface area (Å²) in [6.45, 7) is 0.505. The van der Waals surface area contributed by atoms with Crippen molar-refractivity contribution in [2.45, 2.75) is 6.42 Å². The molecule has 1 N–H and O–H groups in total. The second kappa shape index (κ2) is 7.88. The highest BCUT2D eigenvalue weighted by Crippen LogP contribution is 2.26. The third-order valence-electron chi connectivity index (χ3n) is 3.12. The van der Waals surface area contributed by atoms with Crippen molar-refractivity contribution in [1.82, 2.24) is 0 Å². The van der Waals surface area contributed by atoms with Crippen molar-refractivity contribution in [3.63, 3.8) is 0 Å². The monoisotopic (exact) mass is 298 g/mol. The van der Waals surface area contributed by atoms with Crippen LogP contribution in [-0.2, 0) is 11.2 Å². The lowest BCUT2D eigenvalue weighted by Crippen LogP contribution is -2.02. The lowest BCUT2D eigenvalue weighted by atomic mass is 10.1. The summed E-state index contributed by atoms with van der Waals surface area (Å²) in [7, 11) is 1.58. The van der Waals surface area contributed by atoms with Crippen LogP contribution in [0.15, 0.2) is 54.6 Å². The van der Waals surface area contributed by atoms with E-state index in [4.69, 9.17) is 14.6 Å². The molecule has 0 aromatic heterocycles. The van der Waals surface area contributed by atoms with Crippen molar-refractivity contribution in [2.75, 3.05) is 13.7 Å². The van der Waals surface area contributed by atoms with Crippen LogP contribution in [0.4, 0.5) is 0 Å². The van der Waals surface area contributed by atoms with Gasteiger partial charge in [0.2, 0.25) is 0 Å². The lowest BCUT2D eigenvalue weighted by molar-refractivity contribution is -0.131. The highest BCUT2D eigenvalue weighted by molar-refractivity contribution is 5.86. The fraction of sp³-hybridized carbons (Fsp3) is 0.167. The summed E-state index contributed by atoms with van der Waals surface area (Å²) in [4.78, 5) is 10.7. The van der Waals surface area contributed by atoms with Crippen molar-refractivity contribution in [1.29, 1.82) is 0 Å². The number of carbonyl (C=O) groups is 1. The molecule has 0 aliphatic carbocycles. The Bertz CT molecular complexity index is 647. The molecule has 0 fully saturated rings. The van der Waals surface area contributed by atoms with E-state index in [1.54, 1.807) is 25.3 Å². The van der Waals surface area contributed by atoms with Gasteiger partial charge in [-0.05, 0) is 23.8 Å². The SMILES string of the molecule is COc1ccc(/C=C/C(=O)O)c(OCCc2ccccc2)c1. The topological polar surface area (TPSA) is 55.8 Å². The van der Waals surface area contributed by atoms with Gasteiger partial charge < -0.3 is 14.6 Å². The average molecular weight is 298 g/mol. The van der Waals surface area contributed by atoms with Gasteiger partial charge in [0.1, 0.15) is 11.5 Å². The third kappa shape index (κ3) is 4.66. The molecule has 0 bridgehead atoms. The van der Waals surface area contributed by atoms with Gasteiger partial charge in [-0.15, -0.1) is 0 Å². The van der Waals surface area contributed by atoms with Crippen LogP contribution in [-0.4, -0.2) is 24.8 Å². The van der Waals surface area contributed by atoms with E-state index < -0.39 is 5.97 Å². The molecule has 0 unspecified atom stereocenters. The molecule has 114 valence electrons. The summed E-state index contributed by atoms with van der Waals surface area (Å²) in [5.41, 5.74) is 1.89. The van der Waals surface area contributed by atoms with Gasteiger partial charge in [0.05, 0.1) is 13.7 Å². The number of rotatable bonds is 7. The van der Waals surface area contributed by atoms with E-state index in [1.165, 1.54) is 11.6 Å². The molecule has 0 heterocycles. The van der Waals surface area contributed by atoms with E-state index in [-0.39, 0.29) is 0 Å². The van der Waals surface area contributed by atoms with Crippen molar-refractivity contribution in [2.24, 2.45) is 0 Å². The molecule has 0 saturated carbocycles. The number of aliphatic carboxylic acids is 1. The van der Waals surface area contributed by atoms with Gasteiger partial charge in [-0.1, -0.05) is 30.3 Å². The van der Waals surface area contributed by atoms with Crippen LogP contribution in [0.5, 0.6) is 11.5 Å². The Kier molecular flexibility index (Phi) is 5.60.